The van der Waals surface area contributed by atoms with Crippen LogP contribution >= 0.6 is 0 Å². The van der Waals surface area contributed by atoms with Crippen LogP contribution in [0.15, 0.2) is 24.4 Å². The van der Waals surface area contributed by atoms with E-state index < -0.39 is 16.6 Å². The first-order valence-corrected chi connectivity index (χ1v) is 10.3. The highest BCUT2D eigenvalue weighted by Gasteiger charge is 2.77. The van der Waals surface area contributed by atoms with E-state index >= 15 is 0 Å². The van der Waals surface area contributed by atoms with Crippen molar-refractivity contribution in [3.8, 4) is 0 Å². The smallest absolute Gasteiger partial charge is 0.229 e. The predicted molar refractivity (Wildman–Crippen MR) is 105 cm³/mol. The van der Waals surface area contributed by atoms with Crippen LogP contribution in [0.4, 0.5) is 0 Å². The normalized spacial score (nSPS) is 31.1. The van der Waals surface area contributed by atoms with Gasteiger partial charge in [-0.1, -0.05) is 6.07 Å². The Hall–Kier alpha value is -1.99. The fourth-order valence-corrected chi connectivity index (χ4v) is 5.43. The van der Waals surface area contributed by atoms with Crippen LogP contribution in [0, 0.1) is 5.41 Å². The number of aromatic nitrogens is 1. The third kappa shape index (κ3) is 3.20. The molecular weight excluding hydrogens is 356 g/mol. The Morgan fingerprint density at radius 2 is 2.04 bits per heavy atom. The highest BCUT2D eigenvalue weighted by molar-refractivity contribution is 5.87. The number of pyridine rings is 1. The molecule has 1 saturated carbocycles. The molecule has 3 saturated heterocycles. The summed E-state index contributed by atoms with van der Waals surface area (Å²) in [5.74, 6) is 0.0314. The van der Waals surface area contributed by atoms with Gasteiger partial charge in [0.1, 0.15) is 0 Å². The second-order valence-corrected chi connectivity index (χ2v) is 8.77. The molecule has 28 heavy (non-hydrogen) atoms. The average molecular weight is 386 g/mol. The number of hydrogen-bond acceptors (Lipinski definition) is 5. The fourth-order valence-electron chi connectivity index (χ4n) is 5.43. The molecule has 3 N–H and O–H groups in total. The van der Waals surface area contributed by atoms with Crippen molar-refractivity contribution in [3.63, 3.8) is 0 Å². The molecule has 4 heterocycles. The third-order valence-electron chi connectivity index (χ3n) is 6.66. The summed E-state index contributed by atoms with van der Waals surface area (Å²) in [5.41, 5.74) is -0.345. The van der Waals surface area contributed by atoms with E-state index in [1.54, 1.807) is 6.20 Å². The minimum absolute atomic E-state index is 0.00138. The lowest BCUT2D eigenvalue weighted by atomic mass is 9.53. The first kappa shape index (κ1) is 19.3. The molecule has 1 atom stereocenters. The maximum Gasteiger partial charge on any atom is 0.229 e. The lowest BCUT2D eigenvalue weighted by Crippen LogP contribution is -2.62. The summed E-state index contributed by atoms with van der Waals surface area (Å²) in [5, 5.41) is 9.51. The number of rotatable bonds is 6. The van der Waals surface area contributed by atoms with E-state index in [-0.39, 0.29) is 17.9 Å². The molecular formula is C21H30N4O3. The molecule has 1 aromatic rings. The summed E-state index contributed by atoms with van der Waals surface area (Å²) in [4.78, 5) is 29.2. The maximum absolute atomic E-state index is 13.4. The Morgan fingerprint density at radius 1 is 1.29 bits per heavy atom. The van der Waals surface area contributed by atoms with Crippen LogP contribution < -0.4 is 16.0 Å². The van der Waals surface area contributed by atoms with Gasteiger partial charge in [-0.3, -0.25) is 14.6 Å². The molecule has 3 aliphatic heterocycles. The SMILES string of the molecule is CC(=O)NCC12CC(C(=O)NC(C)Cc3ccccn3)(C1)C1(CCNCC1)O2. The number of amides is 2. The van der Waals surface area contributed by atoms with Crippen molar-refractivity contribution in [2.45, 2.75) is 63.2 Å². The van der Waals surface area contributed by atoms with Gasteiger partial charge in [-0.25, -0.2) is 0 Å². The highest BCUT2D eigenvalue weighted by Crippen LogP contribution is 2.69. The standard InChI is InChI=1S/C21H30N4O3/c1-15(11-17-5-3-4-8-23-17)25-18(27)20-12-19(13-20,14-24-16(2)26)28-21(20)6-9-22-10-7-21/h3-5,8,15,22H,6-7,9-14H2,1-2H3,(H,24,26)(H,25,27). The summed E-state index contributed by atoms with van der Waals surface area (Å²) in [6, 6.07) is 5.84. The van der Waals surface area contributed by atoms with Gasteiger partial charge in [0.25, 0.3) is 0 Å². The molecule has 7 nitrogen and oxygen atoms in total. The van der Waals surface area contributed by atoms with E-state index in [1.807, 2.05) is 25.1 Å². The first-order valence-electron chi connectivity index (χ1n) is 10.3. The zero-order valence-electron chi connectivity index (χ0n) is 16.7. The number of carbonyl (C=O) groups is 2. The Kier molecular flexibility index (Phi) is 4.91. The van der Waals surface area contributed by atoms with Gasteiger partial charge in [-0.2, -0.15) is 0 Å². The summed E-state index contributed by atoms with van der Waals surface area (Å²) in [6.07, 6.45) is 5.51. The zero-order chi connectivity index (χ0) is 19.8. The zero-order valence-corrected chi connectivity index (χ0v) is 16.7. The number of carbonyl (C=O) groups excluding carboxylic acids is 2. The second-order valence-electron chi connectivity index (χ2n) is 8.77. The van der Waals surface area contributed by atoms with Gasteiger partial charge < -0.3 is 20.7 Å². The van der Waals surface area contributed by atoms with Crippen molar-refractivity contribution in [1.29, 1.82) is 0 Å². The number of piperidine rings is 1. The van der Waals surface area contributed by atoms with Crippen molar-refractivity contribution in [1.82, 2.24) is 20.9 Å². The van der Waals surface area contributed by atoms with Crippen molar-refractivity contribution < 1.29 is 14.3 Å². The van der Waals surface area contributed by atoms with Crippen molar-refractivity contribution in [2.24, 2.45) is 5.41 Å². The van der Waals surface area contributed by atoms with E-state index in [1.165, 1.54) is 6.92 Å². The van der Waals surface area contributed by atoms with Crippen molar-refractivity contribution in [3.05, 3.63) is 30.1 Å². The van der Waals surface area contributed by atoms with Crippen LogP contribution in [-0.2, 0) is 20.7 Å². The average Bonchev–Trinajstić information content (AvgIpc) is 3.05. The van der Waals surface area contributed by atoms with Gasteiger partial charge >= 0.3 is 0 Å². The van der Waals surface area contributed by atoms with Gasteiger partial charge in [-0.05, 0) is 57.8 Å². The molecule has 2 bridgehead atoms. The second kappa shape index (κ2) is 7.12. The largest absolute Gasteiger partial charge is 0.365 e. The Labute approximate surface area is 166 Å². The molecule has 1 spiro atoms. The molecule has 1 aliphatic carbocycles. The van der Waals surface area contributed by atoms with Crippen LogP contribution in [0.5, 0.6) is 0 Å². The molecule has 5 rings (SSSR count). The Morgan fingerprint density at radius 3 is 2.68 bits per heavy atom. The summed E-state index contributed by atoms with van der Waals surface area (Å²) in [6.45, 7) is 5.74. The Balaban J connectivity index is 1.48. The predicted octanol–water partition coefficient (Wildman–Crippen LogP) is 0.936. The third-order valence-corrected chi connectivity index (χ3v) is 6.66. The number of hydrogen-bond donors (Lipinski definition) is 3. The van der Waals surface area contributed by atoms with Gasteiger partial charge in [0.05, 0.1) is 16.6 Å². The molecule has 0 radical (unpaired) electrons. The lowest BCUT2D eigenvalue weighted by molar-refractivity contribution is -0.141. The number of nitrogens with one attached hydrogen (secondary N) is 3. The molecule has 2 amide bonds. The minimum Gasteiger partial charge on any atom is -0.365 e. The van der Waals surface area contributed by atoms with E-state index in [4.69, 9.17) is 4.74 Å². The van der Waals surface area contributed by atoms with Crippen LogP contribution in [0.1, 0.15) is 45.2 Å². The van der Waals surface area contributed by atoms with E-state index in [2.05, 4.69) is 20.9 Å². The van der Waals surface area contributed by atoms with E-state index in [9.17, 15) is 9.59 Å². The summed E-state index contributed by atoms with van der Waals surface area (Å²) < 4.78 is 6.60. The molecule has 1 aromatic heterocycles. The van der Waals surface area contributed by atoms with Crippen LogP contribution in [0.3, 0.4) is 0 Å². The highest BCUT2D eigenvalue weighted by atomic mass is 16.5. The minimum atomic E-state index is -0.494. The topological polar surface area (TPSA) is 92.4 Å². The first-order chi connectivity index (χ1) is 13.4. The van der Waals surface area contributed by atoms with Gasteiger partial charge in [-0.15, -0.1) is 0 Å². The molecule has 0 aromatic carbocycles. The molecule has 7 heteroatoms. The van der Waals surface area contributed by atoms with Crippen LogP contribution in [-0.4, -0.2) is 53.7 Å². The summed E-state index contributed by atoms with van der Waals surface area (Å²) >= 11 is 0. The number of ether oxygens (including phenoxy) is 1. The van der Waals surface area contributed by atoms with Gasteiger partial charge in [0.2, 0.25) is 11.8 Å². The van der Waals surface area contributed by atoms with Crippen molar-refractivity contribution >= 4 is 11.8 Å². The van der Waals surface area contributed by atoms with Crippen LogP contribution in [0.2, 0.25) is 0 Å². The van der Waals surface area contributed by atoms with E-state index in [0.717, 1.165) is 31.6 Å². The number of nitrogens with zero attached hydrogens (tertiary/aromatic N) is 1. The van der Waals surface area contributed by atoms with Gasteiger partial charge in [0.15, 0.2) is 0 Å². The quantitative estimate of drug-likeness (QED) is 0.677. The summed E-state index contributed by atoms with van der Waals surface area (Å²) in [7, 11) is 0. The molecule has 4 aliphatic rings. The molecule has 4 fully saturated rings. The van der Waals surface area contributed by atoms with Crippen molar-refractivity contribution in [2.75, 3.05) is 19.6 Å². The Bertz CT molecular complexity index is 739. The fraction of sp³-hybridized carbons (Fsp3) is 0.667. The van der Waals surface area contributed by atoms with Gasteiger partial charge in [0, 0.05) is 37.8 Å². The molecule has 152 valence electrons. The van der Waals surface area contributed by atoms with Crippen LogP contribution in [0.25, 0.3) is 0 Å². The van der Waals surface area contributed by atoms with E-state index in [0.29, 0.717) is 25.8 Å². The maximum atomic E-state index is 13.4. The molecule has 1 unspecified atom stereocenters. The lowest BCUT2D eigenvalue weighted by Gasteiger charge is -2.48. The monoisotopic (exact) mass is 386 g/mol.